The number of hydrazine groups is 1. The summed E-state index contributed by atoms with van der Waals surface area (Å²) >= 11 is 0. The molecule has 0 aromatic carbocycles. The van der Waals surface area contributed by atoms with Crippen molar-refractivity contribution in [3.05, 3.63) is 0 Å². The minimum Gasteiger partial charge on any atom is -0.388 e. The second-order valence-electron chi connectivity index (χ2n) is 6.60. The van der Waals surface area contributed by atoms with Crippen molar-refractivity contribution < 1.29 is 14.6 Å². The number of hydrogen-bond acceptors (Lipinski definition) is 5. The van der Waals surface area contributed by atoms with Crippen LogP contribution in [-0.2, 0) is 9.53 Å². The maximum absolute atomic E-state index is 12.6. The Morgan fingerprint density at radius 1 is 1.14 bits per heavy atom. The van der Waals surface area contributed by atoms with Gasteiger partial charge in [-0.3, -0.25) is 10.2 Å². The summed E-state index contributed by atoms with van der Waals surface area (Å²) in [5, 5.41) is 13.6. The second-order valence-corrected chi connectivity index (χ2v) is 6.60. The first-order valence-corrected chi connectivity index (χ1v) is 8.30. The van der Waals surface area contributed by atoms with E-state index >= 15 is 0 Å². The van der Waals surface area contributed by atoms with E-state index in [4.69, 9.17) is 4.74 Å². The molecule has 6 heteroatoms. The number of nitrogens with one attached hydrogen (secondary N) is 3. The normalized spacial score (nSPS) is 35.8. The molecule has 0 bridgehead atoms. The summed E-state index contributed by atoms with van der Waals surface area (Å²) in [6.45, 7) is 1.85. The molecule has 2 aliphatic heterocycles. The van der Waals surface area contributed by atoms with Gasteiger partial charge in [0.2, 0.25) is 5.91 Å². The molecule has 3 fully saturated rings. The number of hydrogen-bond donors (Lipinski definition) is 4. The molecule has 2 atom stereocenters. The van der Waals surface area contributed by atoms with Gasteiger partial charge in [0.05, 0.1) is 0 Å². The van der Waals surface area contributed by atoms with E-state index in [1.54, 1.807) is 0 Å². The lowest BCUT2D eigenvalue weighted by molar-refractivity contribution is -0.132. The van der Waals surface area contributed by atoms with Crippen molar-refractivity contribution in [2.24, 2.45) is 11.8 Å². The third-order valence-electron chi connectivity index (χ3n) is 5.29. The van der Waals surface area contributed by atoms with E-state index in [2.05, 4.69) is 16.2 Å². The fourth-order valence-corrected chi connectivity index (χ4v) is 3.95. The Hall–Kier alpha value is -0.690. The van der Waals surface area contributed by atoms with Crippen molar-refractivity contribution >= 4 is 5.91 Å². The van der Waals surface area contributed by atoms with Gasteiger partial charge in [0.25, 0.3) is 0 Å². The highest BCUT2D eigenvalue weighted by Gasteiger charge is 2.50. The van der Waals surface area contributed by atoms with E-state index < -0.39 is 11.8 Å². The van der Waals surface area contributed by atoms with Crippen LogP contribution in [0.2, 0.25) is 0 Å². The minimum atomic E-state index is -0.738. The van der Waals surface area contributed by atoms with Gasteiger partial charge >= 0.3 is 0 Å². The summed E-state index contributed by atoms with van der Waals surface area (Å²) in [5.74, 6) is 0.394. The van der Waals surface area contributed by atoms with Crippen LogP contribution in [0.3, 0.4) is 0 Å². The fraction of sp³-hybridized carbons (Fsp3) is 0.933. The Labute approximate surface area is 126 Å². The highest BCUT2D eigenvalue weighted by molar-refractivity contribution is 5.79. The maximum Gasteiger partial charge on any atom is 0.224 e. The number of ether oxygens (including phenoxy) is 1. The molecular formula is C15H27N3O3. The zero-order valence-corrected chi connectivity index (χ0v) is 12.6. The molecule has 1 saturated carbocycles. The standard InChI is InChI=1S/C15H27N3O3/c19-13-10-16-18-15(13,12-6-8-21-9-7-12)17-14(20)11-4-2-1-3-5-11/h11-13,16,18-19H,1-10H2,(H,17,20). The molecule has 0 spiro atoms. The van der Waals surface area contributed by atoms with Crippen LogP contribution in [0.1, 0.15) is 44.9 Å². The van der Waals surface area contributed by atoms with Gasteiger partial charge in [0, 0.05) is 31.6 Å². The summed E-state index contributed by atoms with van der Waals surface area (Å²) < 4.78 is 5.42. The van der Waals surface area contributed by atoms with Gasteiger partial charge in [0.1, 0.15) is 11.8 Å². The van der Waals surface area contributed by atoms with Crippen molar-refractivity contribution in [1.82, 2.24) is 16.2 Å². The number of aliphatic hydroxyl groups excluding tert-OH is 1. The Bertz CT molecular complexity index is 367. The van der Waals surface area contributed by atoms with Crippen LogP contribution in [0, 0.1) is 11.8 Å². The first kappa shape index (κ1) is 15.2. The second kappa shape index (κ2) is 6.60. The highest BCUT2D eigenvalue weighted by atomic mass is 16.5. The van der Waals surface area contributed by atoms with Crippen molar-refractivity contribution in [1.29, 1.82) is 0 Å². The van der Waals surface area contributed by atoms with Gasteiger partial charge < -0.3 is 15.2 Å². The Balaban J connectivity index is 1.71. The molecular weight excluding hydrogens is 270 g/mol. The van der Waals surface area contributed by atoms with Gasteiger partial charge in [-0.05, 0) is 25.7 Å². The number of amides is 1. The molecule has 6 nitrogen and oxygen atoms in total. The van der Waals surface area contributed by atoms with E-state index in [0.29, 0.717) is 19.8 Å². The molecule has 1 amide bonds. The van der Waals surface area contributed by atoms with Gasteiger partial charge in [-0.1, -0.05) is 19.3 Å². The van der Waals surface area contributed by atoms with Crippen LogP contribution >= 0.6 is 0 Å². The largest absolute Gasteiger partial charge is 0.388 e. The molecule has 120 valence electrons. The van der Waals surface area contributed by atoms with Crippen molar-refractivity contribution in [2.45, 2.75) is 56.7 Å². The van der Waals surface area contributed by atoms with Crippen molar-refractivity contribution in [3.8, 4) is 0 Å². The molecule has 0 aromatic heterocycles. The van der Waals surface area contributed by atoms with E-state index in [9.17, 15) is 9.90 Å². The zero-order chi connectivity index (χ0) is 14.7. The van der Waals surface area contributed by atoms with Crippen LogP contribution in [-0.4, -0.2) is 42.5 Å². The van der Waals surface area contributed by atoms with E-state index in [0.717, 1.165) is 38.5 Å². The zero-order valence-electron chi connectivity index (χ0n) is 12.6. The first-order chi connectivity index (χ1) is 10.2. The van der Waals surface area contributed by atoms with E-state index in [1.807, 2.05) is 0 Å². The smallest absolute Gasteiger partial charge is 0.224 e. The third kappa shape index (κ3) is 3.08. The van der Waals surface area contributed by atoms with Gasteiger partial charge in [0.15, 0.2) is 0 Å². The molecule has 2 unspecified atom stereocenters. The lowest BCUT2D eigenvalue weighted by atomic mass is 9.81. The summed E-state index contributed by atoms with van der Waals surface area (Å²) in [7, 11) is 0. The number of rotatable bonds is 3. The first-order valence-electron chi connectivity index (χ1n) is 8.30. The molecule has 21 heavy (non-hydrogen) atoms. The minimum absolute atomic E-state index is 0.0939. The van der Waals surface area contributed by atoms with Crippen LogP contribution in [0.4, 0.5) is 0 Å². The molecule has 4 N–H and O–H groups in total. The third-order valence-corrected chi connectivity index (χ3v) is 5.29. The molecule has 0 aromatic rings. The molecule has 2 saturated heterocycles. The Kier molecular flexibility index (Phi) is 4.78. The number of carbonyl (C=O) groups excluding carboxylic acids is 1. The molecule has 2 heterocycles. The molecule has 0 radical (unpaired) electrons. The SMILES string of the molecule is O=C(NC1(C2CCOCC2)NNCC1O)C1CCCCC1. The van der Waals surface area contributed by atoms with Gasteiger partial charge in [-0.2, -0.15) is 0 Å². The number of aliphatic hydroxyl groups is 1. The quantitative estimate of drug-likeness (QED) is 0.601. The summed E-state index contributed by atoms with van der Waals surface area (Å²) in [6, 6.07) is 0. The average molecular weight is 297 g/mol. The lowest BCUT2D eigenvalue weighted by Crippen LogP contribution is -2.68. The van der Waals surface area contributed by atoms with Crippen molar-refractivity contribution in [2.75, 3.05) is 19.8 Å². The highest BCUT2D eigenvalue weighted by Crippen LogP contribution is 2.32. The lowest BCUT2D eigenvalue weighted by Gasteiger charge is -2.42. The molecule has 1 aliphatic carbocycles. The predicted octanol–water partition coefficient (Wildman–Crippen LogP) is 0.274. The number of β-amino-alcohol motifs (C(OH)–C–C–N with tert-alkyl or cyclic N) is 1. The van der Waals surface area contributed by atoms with Crippen LogP contribution in [0.15, 0.2) is 0 Å². The average Bonchev–Trinajstić information content (AvgIpc) is 2.91. The summed E-state index contributed by atoms with van der Waals surface area (Å²) in [5.41, 5.74) is 5.45. The van der Waals surface area contributed by atoms with Crippen molar-refractivity contribution in [3.63, 3.8) is 0 Å². The van der Waals surface area contributed by atoms with Crippen LogP contribution in [0.5, 0.6) is 0 Å². The number of carbonyl (C=O) groups is 1. The van der Waals surface area contributed by atoms with Gasteiger partial charge in [-0.15, -0.1) is 0 Å². The Morgan fingerprint density at radius 2 is 1.86 bits per heavy atom. The van der Waals surface area contributed by atoms with E-state index in [-0.39, 0.29) is 17.7 Å². The molecule has 3 rings (SSSR count). The topological polar surface area (TPSA) is 82.6 Å². The van der Waals surface area contributed by atoms with Crippen LogP contribution in [0.25, 0.3) is 0 Å². The maximum atomic E-state index is 12.6. The molecule has 3 aliphatic rings. The fourth-order valence-electron chi connectivity index (χ4n) is 3.95. The Morgan fingerprint density at radius 3 is 2.48 bits per heavy atom. The monoisotopic (exact) mass is 297 g/mol. The van der Waals surface area contributed by atoms with E-state index in [1.165, 1.54) is 6.42 Å². The summed E-state index contributed by atoms with van der Waals surface area (Å²) in [6.07, 6.45) is 6.56. The predicted molar refractivity (Wildman–Crippen MR) is 78.1 cm³/mol. The summed E-state index contributed by atoms with van der Waals surface area (Å²) in [4.78, 5) is 12.6. The van der Waals surface area contributed by atoms with Gasteiger partial charge in [-0.25, -0.2) is 5.43 Å². The van der Waals surface area contributed by atoms with Crippen LogP contribution < -0.4 is 16.2 Å².